The van der Waals surface area contributed by atoms with Crippen molar-refractivity contribution in [2.75, 3.05) is 27.4 Å². The van der Waals surface area contributed by atoms with Crippen LogP contribution in [0.3, 0.4) is 0 Å². The van der Waals surface area contributed by atoms with Crippen LogP contribution in [-0.2, 0) is 16.1 Å². The number of nitrogens with zero attached hydrogens (tertiary/aromatic N) is 1. The molecule has 0 radical (unpaired) electrons. The van der Waals surface area contributed by atoms with Crippen LogP contribution in [0, 0.1) is 5.82 Å². The number of rotatable bonds is 14. The normalized spacial score (nSPS) is 15.2. The third kappa shape index (κ3) is 8.63. The second-order valence-electron chi connectivity index (χ2n) is 9.74. The Morgan fingerprint density at radius 3 is 2.56 bits per heavy atom. The summed E-state index contributed by atoms with van der Waals surface area (Å²) in [5.74, 6) is 0.707. The summed E-state index contributed by atoms with van der Waals surface area (Å²) in [7, 11) is 2.77. The smallest absolute Gasteiger partial charge is 0.337 e. The molecule has 4 rings (SSSR count). The van der Waals surface area contributed by atoms with Crippen LogP contribution in [0.25, 0.3) is 0 Å². The minimum atomic E-state index is -1.17. The quantitative estimate of drug-likeness (QED) is 0.0908. The monoisotopic (exact) mass is 622 g/mol. The zero-order chi connectivity index (χ0) is 32.3. The molecular formula is C32H35FN4O8. The van der Waals surface area contributed by atoms with Crippen molar-refractivity contribution in [1.29, 1.82) is 0 Å². The van der Waals surface area contributed by atoms with E-state index in [1.807, 2.05) is 0 Å². The maximum absolute atomic E-state index is 13.4. The van der Waals surface area contributed by atoms with Gasteiger partial charge in [0.15, 0.2) is 29.2 Å². The van der Waals surface area contributed by atoms with Crippen molar-refractivity contribution in [1.82, 2.24) is 16.1 Å². The molecule has 2 amide bonds. The number of carbonyl (C=O) groups is 2. The van der Waals surface area contributed by atoms with E-state index < -0.39 is 24.3 Å². The average molecular weight is 623 g/mol. The number of methoxy groups -OCH3 is 2. The van der Waals surface area contributed by atoms with Gasteiger partial charge in [-0.15, -0.1) is 0 Å². The Bertz CT molecular complexity index is 1580. The van der Waals surface area contributed by atoms with E-state index in [-0.39, 0.29) is 24.6 Å². The zero-order valence-electron chi connectivity index (χ0n) is 25.3. The lowest BCUT2D eigenvalue weighted by atomic mass is 9.95. The highest BCUT2D eigenvalue weighted by Gasteiger charge is 2.32. The fourth-order valence-electron chi connectivity index (χ4n) is 4.49. The molecule has 13 heteroatoms. The standard InChI is InChI=1S/C32H35FN4O8/c1-5-43-27-15-22(30-29(31(39)42-4)19(2)35-32(40)36-30)10-12-25(27)45-18-28(38)37-34-16-20-9-11-24(26(14-20)41-3)44-17-21-7-6-8-23(33)13-21/h6-16,28,30,37-38H,5,17-18H2,1-4H3,(H2,35,36,40)/b34-16-/t28-,30-/m0/s1. The number of carbonyl (C=O) groups excluding carboxylic acids is 2. The molecule has 1 aliphatic rings. The van der Waals surface area contributed by atoms with Gasteiger partial charge in [-0.25, -0.2) is 14.0 Å². The van der Waals surface area contributed by atoms with Crippen molar-refractivity contribution in [3.8, 4) is 23.0 Å². The number of aliphatic hydroxyl groups excluding tert-OH is 1. The highest BCUT2D eigenvalue weighted by molar-refractivity contribution is 5.95. The van der Waals surface area contributed by atoms with Gasteiger partial charge in [0.1, 0.15) is 19.0 Å². The molecule has 238 valence electrons. The van der Waals surface area contributed by atoms with Crippen LogP contribution < -0.4 is 35.0 Å². The number of hydrogen-bond donors (Lipinski definition) is 4. The lowest BCUT2D eigenvalue weighted by molar-refractivity contribution is -0.136. The van der Waals surface area contributed by atoms with Crippen LogP contribution in [0.4, 0.5) is 9.18 Å². The SMILES string of the molecule is CCOc1cc([C@@H]2NC(=O)NC(C)=C2C(=O)OC)ccc1OC[C@H](O)N/N=C\c1ccc(OCc2cccc(F)c2)c(OC)c1. The Balaban J connectivity index is 1.36. The number of hydrazone groups is 1. The molecule has 12 nitrogen and oxygen atoms in total. The molecule has 0 aliphatic carbocycles. The summed E-state index contributed by atoms with van der Waals surface area (Å²) in [6.07, 6.45) is 0.316. The van der Waals surface area contributed by atoms with Gasteiger partial charge in [0.25, 0.3) is 0 Å². The summed E-state index contributed by atoms with van der Waals surface area (Å²) in [5.41, 5.74) is 5.16. The number of amides is 2. The largest absolute Gasteiger partial charge is 0.493 e. The summed E-state index contributed by atoms with van der Waals surface area (Å²) < 4.78 is 41.1. The number of benzene rings is 3. The van der Waals surface area contributed by atoms with Crippen molar-refractivity contribution in [2.24, 2.45) is 5.10 Å². The van der Waals surface area contributed by atoms with Crippen LogP contribution in [0.5, 0.6) is 23.0 Å². The molecule has 1 heterocycles. The van der Waals surface area contributed by atoms with Gasteiger partial charge < -0.3 is 39.4 Å². The van der Waals surface area contributed by atoms with E-state index in [4.69, 9.17) is 23.7 Å². The fourth-order valence-corrected chi connectivity index (χ4v) is 4.49. The van der Waals surface area contributed by atoms with Crippen molar-refractivity contribution >= 4 is 18.2 Å². The lowest BCUT2D eigenvalue weighted by Gasteiger charge is -2.28. The zero-order valence-corrected chi connectivity index (χ0v) is 25.3. The van der Waals surface area contributed by atoms with Crippen LogP contribution in [0.15, 0.2) is 77.0 Å². The molecule has 3 aromatic carbocycles. The Morgan fingerprint density at radius 1 is 1.04 bits per heavy atom. The van der Waals surface area contributed by atoms with Gasteiger partial charge >= 0.3 is 12.0 Å². The van der Waals surface area contributed by atoms with E-state index in [9.17, 15) is 19.1 Å². The molecule has 45 heavy (non-hydrogen) atoms. The van der Waals surface area contributed by atoms with E-state index in [1.165, 1.54) is 32.6 Å². The highest BCUT2D eigenvalue weighted by atomic mass is 19.1. The molecule has 0 aromatic heterocycles. The molecule has 0 fully saturated rings. The first-order valence-corrected chi connectivity index (χ1v) is 14.0. The number of urea groups is 1. The third-order valence-corrected chi connectivity index (χ3v) is 6.58. The van der Waals surface area contributed by atoms with Crippen molar-refractivity contribution in [3.05, 3.63) is 94.4 Å². The second-order valence-corrected chi connectivity index (χ2v) is 9.74. The van der Waals surface area contributed by atoms with E-state index in [2.05, 4.69) is 21.2 Å². The molecule has 0 unspecified atom stereocenters. The predicted octanol–water partition coefficient (Wildman–Crippen LogP) is 3.93. The first-order valence-electron chi connectivity index (χ1n) is 14.0. The van der Waals surface area contributed by atoms with Crippen LogP contribution in [0.1, 0.15) is 36.6 Å². The minimum absolute atomic E-state index is 0.170. The van der Waals surface area contributed by atoms with Gasteiger partial charge in [-0.2, -0.15) is 5.10 Å². The summed E-state index contributed by atoms with van der Waals surface area (Å²) >= 11 is 0. The molecule has 0 saturated carbocycles. The molecule has 1 aliphatic heterocycles. The Hall–Kier alpha value is -5.30. The van der Waals surface area contributed by atoms with Gasteiger partial charge in [0, 0.05) is 5.70 Å². The highest BCUT2D eigenvalue weighted by Crippen LogP contribution is 2.35. The molecule has 4 N–H and O–H groups in total. The van der Waals surface area contributed by atoms with Crippen molar-refractivity contribution in [2.45, 2.75) is 32.7 Å². The van der Waals surface area contributed by atoms with Crippen molar-refractivity contribution in [3.63, 3.8) is 0 Å². The molecule has 2 atom stereocenters. The Kier molecular flexibility index (Phi) is 11.2. The topological polar surface area (TPSA) is 149 Å². The van der Waals surface area contributed by atoms with E-state index in [1.54, 1.807) is 62.4 Å². The lowest BCUT2D eigenvalue weighted by Crippen LogP contribution is -2.45. The Morgan fingerprint density at radius 2 is 1.82 bits per heavy atom. The number of allylic oxidation sites excluding steroid dienone is 1. The maximum Gasteiger partial charge on any atom is 0.337 e. The molecule has 3 aromatic rings. The van der Waals surface area contributed by atoms with E-state index >= 15 is 0 Å². The maximum atomic E-state index is 13.4. The number of hydrogen-bond acceptors (Lipinski definition) is 10. The van der Waals surface area contributed by atoms with E-state index in [0.717, 1.165) is 0 Å². The van der Waals surface area contributed by atoms with Gasteiger partial charge in [-0.1, -0.05) is 18.2 Å². The van der Waals surface area contributed by atoms with Gasteiger partial charge in [-0.3, -0.25) is 5.43 Å². The van der Waals surface area contributed by atoms with Crippen LogP contribution >= 0.6 is 0 Å². The predicted molar refractivity (Wildman–Crippen MR) is 163 cm³/mol. The first-order chi connectivity index (χ1) is 21.7. The molecule has 0 bridgehead atoms. The number of ether oxygens (including phenoxy) is 5. The summed E-state index contributed by atoms with van der Waals surface area (Å²) in [6, 6.07) is 15.0. The minimum Gasteiger partial charge on any atom is -0.493 e. The first kappa shape index (κ1) is 32.6. The van der Waals surface area contributed by atoms with E-state index in [0.29, 0.717) is 52.0 Å². The number of aliphatic hydroxyl groups is 1. The van der Waals surface area contributed by atoms with Gasteiger partial charge in [-0.05, 0) is 73.0 Å². The third-order valence-electron chi connectivity index (χ3n) is 6.58. The number of esters is 1. The molecular weight excluding hydrogens is 587 g/mol. The van der Waals surface area contributed by atoms with Crippen LogP contribution in [-0.4, -0.2) is 57.0 Å². The number of halogens is 1. The summed E-state index contributed by atoms with van der Waals surface area (Å²) in [5, 5.41) is 19.8. The second kappa shape index (κ2) is 15.4. The molecule has 0 saturated heterocycles. The fraction of sp³-hybridized carbons (Fsp3) is 0.281. The Labute approximate surface area is 259 Å². The average Bonchev–Trinajstić information content (AvgIpc) is 3.03. The summed E-state index contributed by atoms with van der Waals surface area (Å²) in [4.78, 5) is 24.6. The summed E-state index contributed by atoms with van der Waals surface area (Å²) in [6.45, 7) is 3.73. The number of nitrogens with one attached hydrogen (secondary N) is 3. The van der Waals surface area contributed by atoms with Gasteiger partial charge in [0.2, 0.25) is 0 Å². The molecule has 0 spiro atoms. The van der Waals surface area contributed by atoms with Crippen LogP contribution in [0.2, 0.25) is 0 Å². The van der Waals surface area contributed by atoms with Gasteiger partial charge in [0.05, 0.1) is 38.7 Å². The van der Waals surface area contributed by atoms with Crippen molar-refractivity contribution < 1.29 is 42.8 Å².